The van der Waals surface area contributed by atoms with E-state index in [1.54, 1.807) is 6.92 Å². The molecule has 0 unspecified atom stereocenters. The van der Waals surface area contributed by atoms with Crippen molar-refractivity contribution < 1.29 is 8.78 Å². The summed E-state index contributed by atoms with van der Waals surface area (Å²) in [5.74, 6) is -0.596. The normalized spacial score (nSPS) is 11.9. The topological polar surface area (TPSA) is 53.1 Å². The Kier molecular flexibility index (Phi) is 3.35. The van der Waals surface area contributed by atoms with Gasteiger partial charge in [0.2, 0.25) is 5.95 Å². The molecule has 3 rings (SSSR count). The Bertz CT molecular complexity index is 790. The molecule has 4 nitrogen and oxygen atoms in total. The fourth-order valence-electron chi connectivity index (χ4n) is 1.98. The molecule has 0 aliphatic rings. The van der Waals surface area contributed by atoms with Crippen LogP contribution in [0.25, 0.3) is 11.0 Å². The predicted octanol–water partition coefficient (Wildman–Crippen LogP) is 3.68. The van der Waals surface area contributed by atoms with Crippen LogP contribution in [-0.2, 0) is 0 Å². The van der Waals surface area contributed by atoms with E-state index in [0.29, 0.717) is 11.7 Å². The van der Waals surface area contributed by atoms with E-state index in [0.717, 1.165) is 29.2 Å². The number of H-pyrrole nitrogens is 1. The Balaban J connectivity index is 1.86. The highest BCUT2D eigenvalue weighted by molar-refractivity contribution is 5.99. The molecule has 3 aromatic rings. The highest BCUT2D eigenvalue weighted by atomic mass is 19.1. The lowest BCUT2D eigenvalue weighted by Gasteiger charge is -2.03. The molecule has 0 aliphatic heterocycles. The van der Waals surface area contributed by atoms with Gasteiger partial charge in [-0.2, -0.15) is 5.10 Å². The minimum Gasteiger partial charge on any atom is -0.323 e. The Morgan fingerprint density at radius 1 is 1.19 bits per heavy atom. The molecule has 106 valence electrons. The quantitative estimate of drug-likeness (QED) is 0.570. The zero-order valence-electron chi connectivity index (χ0n) is 11.2. The van der Waals surface area contributed by atoms with Gasteiger partial charge in [-0.1, -0.05) is 12.1 Å². The van der Waals surface area contributed by atoms with Crippen molar-refractivity contribution in [1.29, 1.82) is 0 Å². The fraction of sp³-hybridized carbons (Fsp3) is 0.0667. The summed E-state index contributed by atoms with van der Waals surface area (Å²) in [6, 6.07) is 10.8. The smallest absolute Gasteiger partial charge is 0.222 e. The Morgan fingerprint density at radius 3 is 2.81 bits per heavy atom. The highest BCUT2D eigenvalue weighted by Gasteiger charge is 2.07. The first-order valence-electron chi connectivity index (χ1n) is 6.34. The number of anilines is 1. The van der Waals surface area contributed by atoms with Crippen LogP contribution in [0, 0.1) is 11.6 Å². The number of imidazole rings is 1. The van der Waals surface area contributed by atoms with Gasteiger partial charge >= 0.3 is 0 Å². The molecule has 0 amide bonds. The van der Waals surface area contributed by atoms with Crippen molar-refractivity contribution >= 4 is 22.7 Å². The lowest BCUT2D eigenvalue weighted by atomic mass is 10.1. The fourth-order valence-corrected chi connectivity index (χ4v) is 1.98. The van der Waals surface area contributed by atoms with Gasteiger partial charge in [-0.05, 0) is 37.3 Å². The van der Waals surface area contributed by atoms with Crippen molar-refractivity contribution in [3.05, 3.63) is 59.7 Å². The van der Waals surface area contributed by atoms with Crippen LogP contribution in [-0.4, -0.2) is 15.7 Å². The van der Waals surface area contributed by atoms with Crippen LogP contribution >= 0.6 is 0 Å². The lowest BCUT2D eigenvalue weighted by Crippen LogP contribution is -2.03. The standard InChI is InChI=1S/C15H12F2N4/c1-9(11-8-10(16)6-7-12(11)17)20-21-15-18-13-4-2-3-5-14(13)19-15/h2-8H,1H3,(H2,18,19,21)/b20-9-. The summed E-state index contributed by atoms with van der Waals surface area (Å²) in [5, 5.41) is 4.03. The zero-order chi connectivity index (χ0) is 14.8. The van der Waals surface area contributed by atoms with Crippen LogP contribution in [0.3, 0.4) is 0 Å². The van der Waals surface area contributed by atoms with Crippen molar-refractivity contribution in [2.24, 2.45) is 5.10 Å². The summed E-state index contributed by atoms with van der Waals surface area (Å²) in [5.41, 5.74) is 4.81. The Labute approximate surface area is 119 Å². The number of halogens is 2. The van der Waals surface area contributed by atoms with E-state index in [-0.39, 0.29) is 5.56 Å². The third-order valence-corrected chi connectivity index (χ3v) is 3.04. The number of hydrogen-bond donors (Lipinski definition) is 2. The van der Waals surface area contributed by atoms with Crippen LogP contribution in [0.4, 0.5) is 14.7 Å². The first-order valence-corrected chi connectivity index (χ1v) is 6.34. The number of hydrazone groups is 1. The number of rotatable bonds is 3. The van der Waals surface area contributed by atoms with Crippen molar-refractivity contribution in [2.75, 3.05) is 5.43 Å². The summed E-state index contributed by atoms with van der Waals surface area (Å²) in [6.45, 7) is 1.59. The summed E-state index contributed by atoms with van der Waals surface area (Å²) in [6.07, 6.45) is 0. The van der Waals surface area contributed by atoms with Gasteiger partial charge in [0.25, 0.3) is 0 Å². The molecule has 0 saturated carbocycles. The molecule has 0 spiro atoms. The van der Waals surface area contributed by atoms with Gasteiger partial charge in [-0.3, -0.25) is 0 Å². The summed E-state index contributed by atoms with van der Waals surface area (Å²) < 4.78 is 26.8. The largest absolute Gasteiger partial charge is 0.323 e. The van der Waals surface area contributed by atoms with E-state index in [4.69, 9.17) is 0 Å². The van der Waals surface area contributed by atoms with Gasteiger partial charge in [0.1, 0.15) is 11.6 Å². The summed E-state index contributed by atoms with van der Waals surface area (Å²) in [4.78, 5) is 7.31. The highest BCUT2D eigenvalue weighted by Crippen LogP contribution is 2.14. The van der Waals surface area contributed by atoms with Gasteiger partial charge in [0, 0.05) is 5.56 Å². The van der Waals surface area contributed by atoms with Crippen LogP contribution < -0.4 is 5.43 Å². The number of nitrogens with zero attached hydrogens (tertiary/aromatic N) is 2. The average Bonchev–Trinajstić information content (AvgIpc) is 2.90. The van der Waals surface area contributed by atoms with Gasteiger partial charge in [-0.15, -0.1) is 0 Å². The van der Waals surface area contributed by atoms with Gasteiger partial charge in [-0.25, -0.2) is 19.2 Å². The maximum Gasteiger partial charge on any atom is 0.222 e. The molecule has 1 heterocycles. The second-order valence-electron chi connectivity index (χ2n) is 4.54. The molecule has 2 aromatic carbocycles. The van der Waals surface area contributed by atoms with E-state index < -0.39 is 11.6 Å². The van der Waals surface area contributed by atoms with Crippen LogP contribution in [0.2, 0.25) is 0 Å². The van der Waals surface area contributed by atoms with Gasteiger partial charge in [0.05, 0.1) is 16.7 Å². The number of aromatic nitrogens is 2. The first-order chi connectivity index (χ1) is 10.1. The predicted molar refractivity (Wildman–Crippen MR) is 78.3 cm³/mol. The molecule has 21 heavy (non-hydrogen) atoms. The van der Waals surface area contributed by atoms with E-state index in [2.05, 4.69) is 20.5 Å². The van der Waals surface area contributed by atoms with Crippen LogP contribution in [0.1, 0.15) is 12.5 Å². The molecule has 0 atom stereocenters. The molecule has 0 bridgehead atoms. The van der Waals surface area contributed by atoms with Crippen molar-refractivity contribution in [2.45, 2.75) is 6.92 Å². The van der Waals surface area contributed by atoms with E-state index in [1.165, 1.54) is 0 Å². The number of fused-ring (bicyclic) bond motifs is 1. The number of para-hydroxylation sites is 2. The third kappa shape index (κ3) is 2.74. The third-order valence-electron chi connectivity index (χ3n) is 3.04. The lowest BCUT2D eigenvalue weighted by molar-refractivity contribution is 0.598. The molecule has 1 aromatic heterocycles. The second-order valence-corrected chi connectivity index (χ2v) is 4.54. The second kappa shape index (κ2) is 5.32. The molecule has 6 heteroatoms. The summed E-state index contributed by atoms with van der Waals surface area (Å²) >= 11 is 0. The van der Waals surface area contributed by atoms with Gasteiger partial charge < -0.3 is 4.98 Å². The van der Waals surface area contributed by atoms with E-state index >= 15 is 0 Å². The number of benzene rings is 2. The maximum absolute atomic E-state index is 13.6. The number of hydrogen-bond acceptors (Lipinski definition) is 3. The van der Waals surface area contributed by atoms with Crippen LogP contribution in [0.5, 0.6) is 0 Å². The monoisotopic (exact) mass is 286 g/mol. The average molecular weight is 286 g/mol. The minimum atomic E-state index is -0.524. The molecule has 0 radical (unpaired) electrons. The Hall–Kier alpha value is -2.76. The van der Waals surface area contributed by atoms with E-state index in [1.807, 2.05) is 24.3 Å². The Morgan fingerprint density at radius 2 is 2.00 bits per heavy atom. The molecule has 0 fully saturated rings. The molecular weight excluding hydrogens is 274 g/mol. The minimum absolute atomic E-state index is 0.110. The van der Waals surface area contributed by atoms with E-state index in [9.17, 15) is 8.78 Å². The molecule has 2 N–H and O–H groups in total. The van der Waals surface area contributed by atoms with Crippen molar-refractivity contribution in [1.82, 2.24) is 9.97 Å². The van der Waals surface area contributed by atoms with Gasteiger partial charge in [0.15, 0.2) is 0 Å². The first kappa shape index (κ1) is 13.2. The molecule has 0 saturated heterocycles. The van der Waals surface area contributed by atoms with Crippen LogP contribution in [0.15, 0.2) is 47.6 Å². The SMILES string of the molecule is C/C(=N/Nc1nc2ccccc2[nH]1)c1cc(F)ccc1F. The molecular formula is C15H12F2N4. The van der Waals surface area contributed by atoms with Crippen molar-refractivity contribution in [3.8, 4) is 0 Å². The number of nitrogens with one attached hydrogen (secondary N) is 2. The molecule has 0 aliphatic carbocycles. The maximum atomic E-state index is 13.6. The number of aromatic amines is 1. The zero-order valence-corrected chi connectivity index (χ0v) is 11.2. The summed E-state index contributed by atoms with van der Waals surface area (Å²) in [7, 11) is 0. The van der Waals surface area contributed by atoms with Crippen molar-refractivity contribution in [3.63, 3.8) is 0 Å².